The first-order chi connectivity index (χ1) is 19.3. The fourth-order valence-electron chi connectivity index (χ4n) is 5.20. The third-order valence-electron chi connectivity index (χ3n) is 7.56. The molecule has 1 saturated carbocycles. The number of nitrogens with one attached hydrogen (secondary N) is 2. The summed E-state index contributed by atoms with van der Waals surface area (Å²) in [5.74, 6) is -1.24. The molecule has 9 nitrogen and oxygen atoms in total. The molecule has 1 aliphatic carbocycles. The van der Waals surface area contributed by atoms with E-state index in [0.717, 1.165) is 68.1 Å². The van der Waals surface area contributed by atoms with Crippen molar-refractivity contribution < 1.29 is 23.9 Å². The summed E-state index contributed by atoms with van der Waals surface area (Å²) in [5, 5.41) is 5.90. The van der Waals surface area contributed by atoms with Crippen LogP contribution in [0.15, 0.2) is 18.2 Å². The van der Waals surface area contributed by atoms with E-state index in [1.54, 1.807) is 25.7 Å². The molecule has 0 heterocycles. The summed E-state index contributed by atoms with van der Waals surface area (Å²) in [7, 11) is 0. The van der Waals surface area contributed by atoms with Crippen LogP contribution in [0.5, 0.6) is 0 Å². The van der Waals surface area contributed by atoms with Gasteiger partial charge in [0.15, 0.2) is 0 Å². The highest BCUT2D eigenvalue weighted by Gasteiger charge is 2.37. The lowest BCUT2D eigenvalue weighted by molar-refractivity contribution is -0.143. The standard InChI is InChI=1S/C32H52N4O5/c1-7-8-9-13-20-36(30(39)26(18-19-27(33)37)35-31(40)41-32(4,5)6)28(24-17-16-22(2)23(3)21-24)29(38)34-25-14-11-10-12-15-25/h16-17,21,25-26,28H,7-15,18-20H2,1-6H3,(H2,33,37)(H,34,38)(H,35,40). The number of carbonyl (C=O) groups is 4. The van der Waals surface area contributed by atoms with Crippen molar-refractivity contribution in [3.8, 4) is 0 Å². The minimum Gasteiger partial charge on any atom is -0.444 e. The van der Waals surface area contributed by atoms with Gasteiger partial charge in [0.1, 0.15) is 17.7 Å². The van der Waals surface area contributed by atoms with Crippen molar-refractivity contribution in [2.24, 2.45) is 5.73 Å². The van der Waals surface area contributed by atoms with Gasteiger partial charge >= 0.3 is 6.09 Å². The predicted octanol–water partition coefficient (Wildman–Crippen LogP) is 5.36. The Morgan fingerprint density at radius 3 is 2.29 bits per heavy atom. The highest BCUT2D eigenvalue weighted by atomic mass is 16.6. The molecular weight excluding hydrogens is 520 g/mol. The molecule has 1 aromatic carbocycles. The second kappa shape index (κ2) is 16.4. The molecule has 230 valence electrons. The van der Waals surface area contributed by atoms with Crippen molar-refractivity contribution in [3.63, 3.8) is 0 Å². The van der Waals surface area contributed by atoms with Crippen LogP contribution in [0.2, 0.25) is 0 Å². The maximum atomic E-state index is 14.3. The Hall–Kier alpha value is -3.10. The summed E-state index contributed by atoms with van der Waals surface area (Å²) in [6.07, 6.45) is 7.89. The number of hydrogen-bond acceptors (Lipinski definition) is 5. The van der Waals surface area contributed by atoms with Crippen LogP contribution in [0.4, 0.5) is 4.79 Å². The summed E-state index contributed by atoms with van der Waals surface area (Å²) in [5.41, 5.74) is 7.48. The smallest absolute Gasteiger partial charge is 0.408 e. The Labute approximate surface area is 246 Å². The van der Waals surface area contributed by atoms with Gasteiger partial charge in [0, 0.05) is 19.0 Å². The van der Waals surface area contributed by atoms with Gasteiger partial charge in [-0.15, -0.1) is 0 Å². The Kier molecular flexibility index (Phi) is 13.6. The number of rotatable bonds is 14. The largest absolute Gasteiger partial charge is 0.444 e. The lowest BCUT2D eigenvalue weighted by atomic mass is 9.93. The number of amides is 4. The summed E-state index contributed by atoms with van der Waals surface area (Å²) in [6.45, 7) is 11.6. The molecule has 2 atom stereocenters. The molecule has 0 aromatic heterocycles. The van der Waals surface area contributed by atoms with Crippen molar-refractivity contribution in [3.05, 3.63) is 34.9 Å². The predicted molar refractivity (Wildman–Crippen MR) is 161 cm³/mol. The van der Waals surface area contributed by atoms with Crippen LogP contribution in [0, 0.1) is 13.8 Å². The van der Waals surface area contributed by atoms with Gasteiger partial charge in [0.25, 0.3) is 0 Å². The first-order valence-electron chi connectivity index (χ1n) is 15.3. The molecule has 41 heavy (non-hydrogen) atoms. The van der Waals surface area contributed by atoms with E-state index in [-0.39, 0.29) is 24.8 Å². The number of aryl methyl sites for hydroxylation is 2. The number of unbranched alkanes of at least 4 members (excludes halogenated alkanes) is 3. The van der Waals surface area contributed by atoms with Crippen molar-refractivity contribution in [2.45, 2.75) is 136 Å². The minimum atomic E-state index is -1.08. The molecule has 2 rings (SSSR count). The van der Waals surface area contributed by atoms with Gasteiger partial charge in [0.2, 0.25) is 17.7 Å². The van der Waals surface area contributed by atoms with Crippen LogP contribution in [-0.4, -0.2) is 52.9 Å². The SMILES string of the molecule is CCCCCCN(C(=O)C(CCC(N)=O)NC(=O)OC(C)(C)C)C(C(=O)NC1CCCCC1)c1ccc(C)c(C)c1. The third kappa shape index (κ3) is 11.7. The van der Waals surface area contributed by atoms with Crippen molar-refractivity contribution in [1.29, 1.82) is 0 Å². The molecule has 0 radical (unpaired) electrons. The molecule has 1 aliphatic rings. The van der Waals surface area contributed by atoms with Crippen LogP contribution in [0.1, 0.15) is 121 Å². The maximum absolute atomic E-state index is 14.3. The lowest BCUT2D eigenvalue weighted by Gasteiger charge is -2.36. The fourth-order valence-corrected chi connectivity index (χ4v) is 5.20. The van der Waals surface area contributed by atoms with Crippen LogP contribution < -0.4 is 16.4 Å². The molecule has 0 spiro atoms. The summed E-state index contributed by atoms with van der Waals surface area (Å²) in [6, 6.07) is 3.93. The topological polar surface area (TPSA) is 131 Å². The van der Waals surface area contributed by atoms with Gasteiger partial charge in [-0.2, -0.15) is 0 Å². The van der Waals surface area contributed by atoms with E-state index in [9.17, 15) is 19.2 Å². The zero-order valence-corrected chi connectivity index (χ0v) is 26.0. The number of alkyl carbamates (subject to hydrolysis) is 1. The molecule has 0 aliphatic heterocycles. The molecule has 4 amide bonds. The molecule has 9 heteroatoms. The lowest BCUT2D eigenvalue weighted by Crippen LogP contribution is -2.54. The van der Waals surface area contributed by atoms with Crippen molar-refractivity contribution in [2.75, 3.05) is 6.54 Å². The quantitative estimate of drug-likeness (QED) is 0.258. The van der Waals surface area contributed by atoms with E-state index in [4.69, 9.17) is 10.5 Å². The zero-order chi connectivity index (χ0) is 30.6. The number of ether oxygens (including phenoxy) is 1. The summed E-state index contributed by atoms with van der Waals surface area (Å²) < 4.78 is 5.42. The number of nitrogens with zero attached hydrogens (tertiary/aromatic N) is 1. The Balaban J connectivity index is 2.51. The average molecular weight is 573 g/mol. The van der Waals surface area contributed by atoms with Crippen LogP contribution in [-0.2, 0) is 19.1 Å². The molecule has 1 aromatic rings. The van der Waals surface area contributed by atoms with E-state index < -0.39 is 35.6 Å². The third-order valence-corrected chi connectivity index (χ3v) is 7.56. The maximum Gasteiger partial charge on any atom is 0.408 e. The fraction of sp³-hybridized carbons (Fsp3) is 0.688. The minimum absolute atomic E-state index is 0.00274. The van der Waals surface area contributed by atoms with Gasteiger partial charge in [-0.05, 0) is 77.0 Å². The highest BCUT2D eigenvalue weighted by Crippen LogP contribution is 2.27. The van der Waals surface area contributed by atoms with Gasteiger partial charge in [-0.1, -0.05) is 63.6 Å². The second-order valence-corrected chi connectivity index (χ2v) is 12.4. The van der Waals surface area contributed by atoms with Gasteiger partial charge in [0.05, 0.1) is 0 Å². The van der Waals surface area contributed by atoms with E-state index in [1.165, 1.54) is 0 Å². The van der Waals surface area contributed by atoms with E-state index in [2.05, 4.69) is 17.6 Å². The average Bonchev–Trinajstić information content (AvgIpc) is 2.89. The highest BCUT2D eigenvalue weighted by molar-refractivity contribution is 5.92. The second-order valence-electron chi connectivity index (χ2n) is 12.4. The summed E-state index contributed by atoms with van der Waals surface area (Å²) in [4.78, 5) is 54.4. The first kappa shape index (κ1) is 34.1. The van der Waals surface area contributed by atoms with Crippen molar-refractivity contribution >= 4 is 23.8 Å². The number of benzene rings is 1. The van der Waals surface area contributed by atoms with E-state index in [1.807, 2.05) is 32.0 Å². The number of primary amides is 1. The number of carbonyl (C=O) groups excluding carboxylic acids is 4. The monoisotopic (exact) mass is 572 g/mol. The summed E-state index contributed by atoms with van der Waals surface area (Å²) >= 11 is 0. The Bertz CT molecular complexity index is 1030. The normalized spacial score (nSPS) is 15.5. The molecular formula is C32H52N4O5. The number of hydrogen-bond donors (Lipinski definition) is 3. The molecule has 2 unspecified atom stereocenters. The Morgan fingerprint density at radius 2 is 1.71 bits per heavy atom. The van der Waals surface area contributed by atoms with Crippen LogP contribution in [0.25, 0.3) is 0 Å². The Morgan fingerprint density at radius 1 is 1.02 bits per heavy atom. The molecule has 4 N–H and O–H groups in total. The van der Waals surface area contributed by atoms with Gasteiger partial charge in [-0.3, -0.25) is 14.4 Å². The number of nitrogens with two attached hydrogens (primary N) is 1. The van der Waals surface area contributed by atoms with Gasteiger partial charge < -0.3 is 26.0 Å². The van der Waals surface area contributed by atoms with E-state index >= 15 is 0 Å². The van der Waals surface area contributed by atoms with E-state index in [0.29, 0.717) is 13.0 Å². The van der Waals surface area contributed by atoms with Crippen molar-refractivity contribution in [1.82, 2.24) is 15.5 Å². The van der Waals surface area contributed by atoms with Crippen LogP contribution >= 0.6 is 0 Å². The first-order valence-corrected chi connectivity index (χ1v) is 15.3. The molecule has 0 bridgehead atoms. The zero-order valence-electron chi connectivity index (χ0n) is 26.0. The van der Waals surface area contributed by atoms with Gasteiger partial charge in [-0.25, -0.2) is 4.79 Å². The molecule has 1 fully saturated rings. The molecule has 0 saturated heterocycles. The van der Waals surface area contributed by atoms with Crippen LogP contribution in [0.3, 0.4) is 0 Å².